The number of nitrogens with two attached hydrogens (primary N) is 1. The van der Waals surface area contributed by atoms with Crippen LogP contribution in [0.25, 0.3) is 0 Å². The minimum absolute atomic E-state index is 0.0394. The van der Waals surface area contributed by atoms with Crippen molar-refractivity contribution in [3.63, 3.8) is 0 Å². The molecule has 1 aliphatic rings. The highest BCUT2D eigenvalue weighted by Gasteiger charge is 2.26. The average molecular weight is 181 g/mol. The van der Waals surface area contributed by atoms with Crippen LogP contribution in [0.1, 0.15) is 0 Å². The normalized spacial score (nSPS) is 32.1. The molecular formula is C5H9ClN2OS. The van der Waals surface area contributed by atoms with Crippen molar-refractivity contribution in [1.29, 1.82) is 0 Å². The fraction of sp³-hybridized carbons (Fsp3) is 0.800. The van der Waals surface area contributed by atoms with E-state index in [9.17, 15) is 4.79 Å². The molecule has 2 unspecified atom stereocenters. The third kappa shape index (κ3) is 1.95. The maximum absolute atomic E-state index is 10.3. The Morgan fingerprint density at radius 3 is 2.80 bits per heavy atom. The molecule has 0 aromatic heterocycles. The van der Waals surface area contributed by atoms with Gasteiger partial charge < -0.3 is 11.1 Å². The van der Waals surface area contributed by atoms with E-state index in [1.807, 2.05) is 0 Å². The van der Waals surface area contributed by atoms with Crippen LogP contribution in [0.3, 0.4) is 0 Å². The van der Waals surface area contributed by atoms with Crippen LogP contribution in [0, 0.1) is 0 Å². The van der Waals surface area contributed by atoms with E-state index in [-0.39, 0.29) is 11.4 Å². The van der Waals surface area contributed by atoms with Crippen LogP contribution in [-0.4, -0.2) is 29.0 Å². The van der Waals surface area contributed by atoms with Crippen LogP contribution in [0.2, 0.25) is 0 Å². The zero-order valence-electron chi connectivity index (χ0n) is 5.34. The summed E-state index contributed by atoms with van der Waals surface area (Å²) in [5.74, 6) is 1.77. The topological polar surface area (TPSA) is 55.1 Å². The van der Waals surface area contributed by atoms with Gasteiger partial charge in [-0.3, -0.25) is 0 Å². The highest BCUT2D eigenvalue weighted by Crippen LogP contribution is 2.22. The van der Waals surface area contributed by atoms with Crippen LogP contribution in [0.15, 0.2) is 0 Å². The summed E-state index contributed by atoms with van der Waals surface area (Å²) < 4.78 is 0. The minimum atomic E-state index is -0.488. The summed E-state index contributed by atoms with van der Waals surface area (Å²) in [5, 5.41) is 2.62. The molecule has 1 saturated heterocycles. The second kappa shape index (κ2) is 3.34. The van der Waals surface area contributed by atoms with Crippen molar-refractivity contribution in [2.45, 2.75) is 11.4 Å². The van der Waals surface area contributed by atoms with Gasteiger partial charge in [-0.25, -0.2) is 4.79 Å². The zero-order chi connectivity index (χ0) is 7.56. The molecule has 0 aromatic rings. The summed E-state index contributed by atoms with van der Waals surface area (Å²) in [6.45, 7) is 0. The fourth-order valence-electron chi connectivity index (χ4n) is 0.843. The van der Waals surface area contributed by atoms with Gasteiger partial charge in [-0.2, -0.15) is 11.8 Å². The maximum Gasteiger partial charge on any atom is 0.312 e. The molecule has 1 aliphatic heterocycles. The molecule has 58 valence electrons. The number of halogens is 1. The molecule has 1 heterocycles. The Kier molecular flexibility index (Phi) is 2.68. The SMILES string of the molecule is NC(=O)NC1CSCC1Cl. The summed E-state index contributed by atoms with van der Waals surface area (Å²) in [5.41, 5.74) is 4.92. The number of hydrogen-bond acceptors (Lipinski definition) is 2. The largest absolute Gasteiger partial charge is 0.352 e. The van der Waals surface area contributed by atoms with Crippen LogP contribution >= 0.6 is 23.4 Å². The molecule has 5 heteroatoms. The van der Waals surface area contributed by atoms with Crippen molar-refractivity contribution in [2.24, 2.45) is 5.73 Å². The van der Waals surface area contributed by atoms with E-state index in [1.165, 1.54) is 0 Å². The number of nitrogens with one attached hydrogen (secondary N) is 1. The standard InChI is InChI=1S/C5H9ClN2OS/c6-3-1-10-2-4(3)8-5(7)9/h3-4H,1-2H2,(H3,7,8,9). The maximum atomic E-state index is 10.3. The summed E-state index contributed by atoms with van der Waals surface area (Å²) in [6.07, 6.45) is 0. The lowest BCUT2D eigenvalue weighted by Crippen LogP contribution is -2.43. The van der Waals surface area contributed by atoms with Gasteiger partial charge in [0.25, 0.3) is 0 Å². The molecule has 0 aromatic carbocycles. The number of carbonyl (C=O) groups is 1. The molecule has 1 fully saturated rings. The van der Waals surface area contributed by atoms with Gasteiger partial charge in [-0.05, 0) is 0 Å². The van der Waals surface area contributed by atoms with Crippen molar-refractivity contribution >= 4 is 29.4 Å². The van der Waals surface area contributed by atoms with Crippen LogP contribution in [0.4, 0.5) is 4.79 Å². The van der Waals surface area contributed by atoms with Crippen LogP contribution in [-0.2, 0) is 0 Å². The van der Waals surface area contributed by atoms with E-state index in [0.717, 1.165) is 11.5 Å². The Bertz CT molecular complexity index is 144. The lowest BCUT2D eigenvalue weighted by Gasteiger charge is -2.11. The Hall–Kier alpha value is -0.0900. The van der Waals surface area contributed by atoms with Gasteiger partial charge in [0.1, 0.15) is 0 Å². The molecule has 0 radical (unpaired) electrons. The molecule has 1 rings (SSSR count). The van der Waals surface area contributed by atoms with Crippen molar-refractivity contribution in [1.82, 2.24) is 5.32 Å². The quantitative estimate of drug-likeness (QED) is 0.574. The predicted molar refractivity (Wildman–Crippen MR) is 43.5 cm³/mol. The van der Waals surface area contributed by atoms with E-state index in [2.05, 4.69) is 5.32 Å². The number of hydrogen-bond donors (Lipinski definition) is 2. The molecule has 0 aliphatic carbocycles. The molecule has 0 saturated carbocycles. The summed E-state index contributed by atoms with van der Waals surface area (Å²) in [7, 11) is 0. The van der Waals surface area contributed by atoms with Gasteiger partial charge in [0.15, 0.2) is 0 Å². The van der Waals surface area contributed by atoms with Crippen molar-refractivity contribution in [2.75, 3.05) is 11.5 Å². The number of rotatable bonds is 1. The molecule has 3 nitrogen and oxygen atoms in total. The Morgan fingerprint density at radius 1 is 1.70 bits per heavy atom. The van der Waals surface area contributed by atoms with Gasteiger partial charge in [-0.15, -0.1) is 11.6 Å². The molecule has 2 amide bonds. The third-order valence-corrected chi connectivity index (χ3v) is 3.17. The van der Waals surface area contributed by atoms with E-state index in [1.54, 1.807) is 11.8 Å². The predicted octanol–water partition coefficient (Wildman–Crippen LogP) is 0.378. The summed E-state index contributed by atoms with van der Waals surface area (Å²) in [6, 6.07) is -0.428. The lowest BCUT2D eigenvalue weighted by molar-refractivity contribution is 0.246. The Balaban J connectivity index is 2.33. The molecule has 0 spiro atoms. The molecule has 0 bridgehead atoms. The second-order valence-electron chi connectivity index (χ2n) is 2.17. The zero-order valence-corrected chi connectivity index (χ0v) is 6.91. The summed E-state index contributed by atoms with van der Waals surface area (Å²) in [4.78, 5) is 10.3. The first-order valence-corrected chi connectivity index (χ1v) is 4.57. The van der Waals surface area contributed by atoms with Crippen molar-refractivity contribution in [3.05, 3.63) is 0 Å². The van der Waals surface area contributed by atoms with Crippen LogP contribution < -0.4 is 11.1 Å². The van der Waals surface area contributed by atoms with E-state index >= 15 is 0 Å². The molecular weight excluding hydrogens is 172 g/mol. The van der Waals surface area contributed by atoms with Crippen molar-refractivity contribution in [3.8, 4) is 0 Å². The molecule has 10 heavy (non-hydrogen) atoms. The fourth-order valence-corrected chi connectivity index (χ4v) is 2.53. The van der Waals surface area contributed by atoms with E-state index in [4.69, 9.17) is 17.3 Å². The number of carbonyl (C=O) groups excluding carboxylic acids is 1. The Labute approximate surface area is 68.7 Å². The van der Waals surface area contributed by atoms with E-state index < -0.39 is 6.03 Å². The van der Waals surface area contributed by atoms with Crippen LogP contribution in [0.5, 0.6) is 0 Å². The monoisotopic (exact) mass is 180 g/mol. The minimum Gasteiger partial charge on any atom is -0.352 e. The first kappa shape index (κ1) is 8.01. The highest BCUT2D eigenvalue weighted by molar-refractivity contribution is 7.99. The first-order chi connectivity index (χ1) is 4.70. The third-order valence-electron chi connectivity index (χ3n) is 1.34. The molecule has 3 N–H and O–H groups in total. The first-order valence-electron chi connectivity index (χ1n) is 2.98. The summed E-state index contributed by atoms with van der Waals surface area (Å²) >= 11 is 7.56. The smallest absolute Gasteiger partial charge is 0.312 e. The van der Waals surface area contributed by atoms with Gasteiger partial charge in [0.05, 0.1) is 11.4 Å². The average Bonchev–Trinajstić information content (AvgIpc) is 2.15. The van der Waals surface area contributed by atoms with E-state index in [0.29, 0.717) is 0 Å². The highest BCUT2D eigenvalue weighted by atomic mass is 35.5. The number of urea groups is 1. The van der Waals surface area contributed by atoms with Gasteiger partial charge >= 0.3 is 6.03 Å². The number of primary amides is 1. The van der Waals surface area contributed by atoms with Gasteiger partial charge in [0.2, 0.25) is 0 Å². The van der Waals surface area contributed by atoms with Crippen molar-refractivity contribution < 1.29 is 4.79 Å². The molecule has 2 atom stereocenters. The number of thioether (sulfide) groups is 1. The van der Waals surface area contributed by atoms with Gasteiger partial charge in [0, 0.05) is 11.5 Å². The lowest BCUT2D eigenvalue weighted by atomic mass is 10.2. The number of alkyl halides is 1. The second-order valence-corrected chi connectivity index (χ2v) is 3.80. The number of amides is 2. The Morgan fingerprint density at radius 2 is 2.40 bits per heavy atom. The van der Waals surface area contributed by atoms with Gasteiger partial charge in [-0.1, -0.05) is 0 Å².